The summed E-state index contributed by atoms with van der Waals surface area (Å²) in [6, 6.07) is 13.8. The molecule has 30 heavy (non-hydrogen) atoms. The molecule has 0 aliphatic carbocycles. The van der Waals surface area contributed by atoms with Gasteiger partial charge in [0.2, 0.25) is 5.13 Å². The summed E-state index contributed by atoms with van der Waals surface area (Å²) in [5.41, 5.74) is 2.03. The van der Waals surface area contributed by atoms with Gasteiger partial charge >= 0.3 is 0 Å². The molecule has 10 heteroatoms. The zero-order valence-corrected chi connectivity index (χ0v) is 18.0. The van der Waals surface area contributed by atoms with E-state index in [4.69, 9.17) is 4.74 Å². The zero-order valence-electron chi connectivity index (χ0n) is 16.4. The number of anilines is 2. The Balaban J connectivity index is 1.53. The molecule has 1 aromatic heterocycles. The average Bonchev–Trinajstić information content (AvgIpc) is 3.33. The third kappa shape index (κ3) is 3.75. The Kier molecular flexibility index (Phi) is 5.44. The maximum absolute atomic E-state index is 13.2. The third-order valence-electron chi connectivity index (χ3n) is 4.68. The summed E-state index contributed by atoms with van der Waals surface area (Å²) in [5.74, 6) is 0.261. The molecule has 2 aromatic carbocycles. The van der Waals surface area contributed by atoms with Gasteiger partial charge in [0.25, 0.3) is 20.3 Å². The Labute approximate surface area is 178 Å². The van der Waals surface area contributed by atoms with Crippen LogP contribution in [-0.2, 0) is 16.4 Å². The molecule has 0 bridgehead atoms. The minimum absolute atomic E-state index is 0.118. The summed E-state index contributed by atoms with van der Waals surface area (Å²) < 4.78 is 32.9. The number of sulfonamides is 1. The van der Waals surface area contributed by atoms with Crippen LogP contribution in [0, 0.1) is 0 Å². The van der Waals surface area contributed by atoms with Crippen molar-refractivity contribution in [3.05, 3.63) is 59.7 Å². The molecule has 1 N–H and O–H groups in total. The fraction of sp³-hybridized carbons (Fsp3) is 0.250. The molecule has 8 nitrogen and oxygen atoms in total. The number of carbonyl (C=O) groups excluding carboxylic acids is 1. The predicted molar refractivity (Wildman–Crippen MR) is 115 cm³/mol. The number of rotatable bonds is 6. The van der Waals surface area contributed by atoms with E-state index in [1.807, 2.05) is 32.0 Å². The van der Waals surface area contributed by atoms with Crippen LogP contribution >= 0.6 is 11.3 Å². The largest absolute Gasteiger partial charge is 0.494 e. The monoisotopic (exact) mass is 444 g/mol. The summed E-state index contributed by atoms with van der Waals surface area (Å²) in [5, 5.41) is 10.4. The van der Waals surface area contributed by atoms with Gasteiger partial charge < -0.3 is 4.74 Å². The topological polar surface area (TPSA) is 101 Å². The van der Waals surface area contributed by atoms with Crippen molar-refractivity contribution >= 4 is 38.1 Å². The lowest BCUT2D eigenvalue weighted by Crippen LogP contribution is -2.35. The van der Waals surface area contributed by atoms with Crippen molar-refractivity contribution in [2.45, 2.75) is 30.6 Å². The molecule has 0 saturated heterocycles. The quantitative estimate of drug-likeness (QED) is 0.585. The second-order valence-electron chi connectivity index (χ2n) is 6.77. The van der Waals surface area contributed by atoms with Gasteiger partial charge in [-0.3, -0.25) is 14.4 Å². The first-order valence-corrected chi connectivity index (χ1v) is 11.7. The summed E-state index contributed by atoms with van der Waals surface area (Å²) in [6.07, 6.45) is 0.634. The number of hydrogen-bond donors (Lipinski definition) is 1. The first-order chi connectivity index (χ1) is 14.4. The van der Waals surface area contributed by atoms with E-state index in [9.17, 15) is 13.2 Å². The van der Waals surface area contributed by atoms with E-state index < -0.39 is 15.9 Å². The molecule has 0 unspecified atom stereocenters. The highest BCUT2D eigenvalue weighted by molar-refractivity contribution is 7.94. The normalized spacial score (nSPS) is 15.7. The zero-order chi connectivity index (χ0) is 21.3. The maximum atomic E-state index is 13.2. The molecule has 3 aromatic rings. The van der Waals surface area contributed by atoms with Gasteiger partial charge in [-0.15, -0.1) is 10.2 Å². The number of carbonyl (C=O) groups is 1. The van der Waals surface area contributed by atoms with Crippen molar-refractivity contribution in [3.8, 4) is 5.75 Å². The number of nitrogens with zero attached hydrogens (tertiary/aromatic N) is 3. The molecule has 0 radical (unpaired) electrons. The van der Waals surface area contributed by atoms with Gasteiger partial charge in [-0.25, -0.2) is 0 Å². The minimum atomic E-state index is -3.88. The van der Waals surface area contributed by atoms with Gasteiger partial charge in [-0.2, -0.15) is 8.42 Å². The van der Waals surface area contributed by atoms with Crippen LogP contribution in [0.25, 0.3) is 0 Å². The Morgan fingerprint density at radius 3 is 2.67 bits per heavy atom. The molecule has 0 spiro atoms. The fourth-order valence-electron chi connectivity index (χ4n) is 3.39. The lowest BCUT2D eigenvalue weighted by Gasteiger charge is -2.22. The van der Waals surface area contributed by atoms with Crippen LogP contribution in [0.2, 0.25) is 0 Å². The average molecular weight is 445 g/mol. The van der Waals surface area contributed by atoms with Crippen LogP contribution in [0.1, 0.15) is 29.8 Å². The molecule has 1 aliphatic heterocycles. The van der Waals surface area contributed by atoms with Gasteiger partial charge in [0.15, 0.2) is 0 Å². The van der Waals surface area contributed by atoms with Gasteiger partial charge in [0.05, 0.1) is 12.3 Å². The molecule has 1 amide bonds. The van der Waals surface area contributed by atoms with E-state index in [2.05, 4.69) is 15.5 Å². The van der Waals surface area contributed by atoms with Crippen molar-refractivity contribution in [3.63, 3.8) is 0 Å². The number of amides is 1. The highest BCUT2D eigenvalue weighted by atomic mass is 32.2. The van der Waals surface area contributed by atoms with Crippen LogP contribution < -0.4 is 14.4 Å². The lowest BCUT2D eigenvalue weighted by molar-refractivity contribution is 0.102. The van der Waals surface area contributed by atoms with Crippen molar-refractivity contribution < 1.29 is 17.9 Å². The highest BCUT2D eigenvalue weighted by Gasteiger charge is 2.38. The van der Waals surface area contributed by atoms with Crippen LogP contribution in [-0.4, -0.2) is 37.2 Å². The van der Waals surface area contributed by atoms with Gasteiger partial charge in [-0.05, 0) is 56.2 Å². The van der Waals surface area contributed by atoms with E-state index in [1.165, 1.54) is 4.31 Å². The van der Waals surface area contributed by atoms with Gasteiger partial charge in [0, 0.05) is 11.6 Å². The van der Waals surface area contributed by atoms with Crippen LogP contribution in [0.3, 0.4) is 0 Å². The molecular formula is C20H20N4O4S2. The first-order valence-electron chi connectivity index (χ1n) is 9.40. The third-order valence-corrected chi connectivity index (χ3v) is 7.79. The fourth-order valence-corrected chi connectivity index (χ4v) is 6.06. The van der Waals surface area contributed by atoms with Gasteiger partial charge in [-0.1, -0.05) is 29.5 Å². The van der Waals surface area contributed by atoms with E-state index in [-0.39, 0.29) is 15.5 Å². The SMILES string of the molecule is CCOc1ccc(C(=O)Nc2nnc(S(=O)(=O)N3c4ccccc4C[C@H]3C)s2)cc1. The van der Waals surface area contributed by atoms with E-state index in [0.29, 0.717) is 30.0 Å². The van der Waals surface area contributed by atoms with Crippen molar-refractivity contribution in [2.24, 2.45) is 0 Å². The Bertz CT molecular complexity index is 1180. The number of hydrogen-bond acceptors (Lipinski definition) is 7. The first kappa shape index (κ1) is 20.3. The van der Waals surface area contributed by atoms with E-state index in [1.54, 1.807) is 30.3 Å². The number of fused-ring (bicyclic) bond motifs is 1. The standard InChI is InChI=1S/C20H20N4O4S2/c1-3-28-16-10-8-14(9-11-16)18(25)21-19-22-23-20(29-19)30(26,27)24-13(2)12-15-6-4-5-7-17(15)24/h4-11,13H,3,12H2,1-2H3,(H,21,22,25)/t13-/m1/s1. The maximum Gasteiger partial charge on any atom is 0.293 e. The second kappa shape index (κ2) is 8.04. The number of ether oxygens (including phenoxy) is 1. The van der Waals surface area contributed by atoms with E-state index >= 15 is 0 Å². The van der Waals surface area contributed by atoms with Crippen molar-refractivity contribution in [1.29, 1.82) is 0 Å². The Morgan fingerprint density at radius 2 is 1.93 bits per heavy atom. The molecular weight excluding hydrogens is 424 g/mol. The summed E-state index contributed by atoms with van der Waals surface area (Å²) in [7, 11) is -3.88. The van der Waals surface area contributed by atoms with Crippen molar-refractivity contribution in [2.75, 3.05) is 16.2 Å². The number of nitrogens with one attached hydrogen (secondary N) is 1. The molecule has 156 valence electrons. The summed E-state index contributed by atoms with van der Waals surface area (Å²) in [6.45, 7) is 4.27. The Morgan fingerprint density at radius 1 is 1.20 bits per heavy atom. The summed E-state index contributed by atoms with van der Waals surface area (Å²) >= 11 is 0.829. The number of benzene rings is 2. The molecule has 1 atom stereocenters. The molecule has 4 rings (SSSR count). The van der Waals surface area contributed by atoms with Crippen LogP contribution in [0.15, 0.2) is 52.9 Å². The summed E-state index contributed by atoms with van der Waals surface area (Å²) in [4.78, 5) is 12.4. The number of aromatic nitrogens is 2. The highest BCUT2D eigenvalue weighted by Crippen LogP contribution is 2.37. The van der Waals surface area contributed by atoms with Crippen LogP contribution in [0.4, 0.5) is 10.8 Å². The van der Waals surface area contributed by atoms with Crippen molar-refractivity contribution in [1.82, 2.24) is 10.2 Å². The van der Waals surface area contributed by atoms with Crippen LogP contribution in [0.5, 0.6) is 5.75 Å². The molecule has 0 saturated carbocycles. The van der Waals surface area contributed by atoms with E-state index in [0.717, 1.165) is 16.9 Å². The van der Waals surface area contributed by atoms with Gasteiger partial charge in [0.1, 0.15) is 5.75 Å². The Hall–Kier alpha value is -2.98. The molecule has 1 aliphatic rings. The predicted octanol–water partition coefficient (Wildman–Crippen LogP) is 3.33. The second-order valence-corrected chi connectivity index (χ2v) is 9.73. The number of para-hydroxylation sites is 1. The minimum Gasteiger partial charge on any atom is -0.494 e. The smallest absolute Gasteiger partial charge is 0.293 e. The lowest BCUT2D eigenvalue weighted by atomic mass is 10.1. The molecule has 0 fully saturated rings. The molecule has 2 heterocycles.